The molecule has 0 atom stereocenters. The highest BCUT2D eigenvalue weighted by Gasteiger charge is 2.22. The lowest BCUT2D eigenvalue weighted by Crippen LogP contribution is -2.31. The summed E-state index contributed by atoms with van der Waals surface area (Å²) in [6.07, 6.45) is 0. The third kappa shape index (κ3) is 5.46. The van der Waals surface area contributed by atoms with Crippen molar-refractivity contribution in [2.75, 3.05) is 6.61 Å². The molecular weight excluding hydrogens is 452 g/mol. The number of aromatic nitrogens is 5. The number of hydrogen-bond donors (Lipinski definition) is 1. The Bertz CT molecular complexity index is 1340. The van der Waals surface area contributed by atoms with Crippen molar-refractivity contribution in [1.29, 1.82) is 0 Å². The van der Waals surface area contributed by atoms with E-state index >= 15 is 0 Å². The second kappa shape index (κ2) is 9.95. The Morgan fingerprint density at radius 1 is 1.06 bits per heavy atom. The zero-order chi connectivity index (χ0) is 24.3. The molecule has 0 saturated carbocycles. The fourth-order valence-corrected chi connectivity index (χ4v) is 4.10. The molecule has 2 aromatic carbocycles. The fourth-order valence-electron chi connectivity index (χ4n) is 3.91. The summed E-state index contributed by atoms with van der Waals surface area (Å²) in [6, 6.07) is 15.3. The zero-order valence-corrected chi connectivity index (χ0v) is 20.6. The number of H-pyrrole nitrogens is 1. The molecular formula is C25H29ClN6O2. The number of pyridine rings is 1. The van der Waals surface area contributed by atoms with Gasteiger partial charge in [-0.15, -0.1) is 5.10 Å². The SMILES string of the molecule is CCOc1ccc2[nH]c(=O)c(CN(Cc3ccccc3Cl)Cc3nnnn3C(C)(C)C)cc2c1. The Hall–Kier alpha value is -3.23. The van der Waals surface area contributed by atoms with E-state index in [0.717, 1.165) is 28.0 Å². The van der Waals surface area contributed by atoms with Gasteiger partial charge in [0.05, 0.1) is 18.7 Å². The van der Waals surface area contributed by atoms with Crippen LogP contribution in [-0.4, -0.2) is 36.7 Å². The standard InChI is InChI=1S/C25H29ClN6O2/c1-5-34-20-10-11-22-18(13-20)12-19(24(33)27-22)15-31(14-17-8-6-7-9-21(17)26)16-23-28-29-30-32(23)25(2,3)4/h6-13H,5,14-16H2,1-4H3,(H,27,33). The van der Waals surface area contributed by atoms with Crippen molar-refractivity contribution in [3.05, 3.63) is 80.9 Å². The Balaban J connectivity index is 1.69. The number of benzene rings is 2. The minimum atomic E-state index is -0.273. The molecule has 2 aromatic heterocycles. The van der Waals surface area contributed by atoms with Crippen LogP contribution in [0.3, 0.4) is 0 Å². The van der Waals surface area contributed by atoms with Crippen LogP contribution in [0.2, 0.25) is 5.02 Å². The van der Waals surface area contributed by atoms with Gasteiger partial charge in [-0.2, -0.15) is 0 Å². The van der Waals surface area contributed by atoms with Gasteiger partial charge in [-0.25, -0.2) is 4.68 Å². The zero-order valence-electron chi connectivity index (χ0n) is 19.9. The van der Waals surface area contributed by atoms with Crippen LogP contribution in [0.1, 0.15) is 44.6 Å². The lowest BCUT2D eigenvalue weighted by molar-refractivity contribution is 0.223. The van der Waals surface area contributed by atoms with Gasteiger partial charge in [0.25, 0.3) is 5.56 Å². The number of ether oxygens (including phenoxy) is 1. The van der Waals surface area contributed by atoms with Crippen LogP contribution in [0.25, 0.3) is 10.9 Å². The Morgan fingerprint density at radius 3 is 2.56 bits per heavy atom. The average molecular weight is 481 g/mol. The predicted octanol–water partition coefficient (Wildman–Crippen LogP) is 4.52. The average Bonchev–Trinajstić information content (AvgIpc) is 3.25. The highest BCUT2D eigenvalue weighted by atomic mass is 35.5. The summed E-state index contributed by atoms with van der Waals surface area (Å²) in [5, 5.41) is 13.9. The van der Waals surface area contributed by atoms with E-state index in [4.69, 9.17) is 16.3 Å². The number of halogens is 1. The van der Waals surface area contributed by atoms with E-state index < -0.39 is 0 Å². The maximum Gasteiger partial charge on any atom is 0.252 e. The third-order valence-corrected chi connectivity index (χ3v) is 5.85. The molecule has 0 fully saturated rings. The molecule has 9 heteroatoms. The molecule has 2 heterocycles. The van der Waals surface area contributed by atoms with Gasteiger partial charge < -0.3 is 9.72 Å². The Kier molecular flexibility index (Phi) is 7.00. The number of aromatic amines is 1. The van der Waals surface area contributed by atoms with Gasteiger partial charge in [-0.3, -0.25) is 9.69 Å². The molecule has 0 spiro atoms. The molecule has 0 radical (unpaired) electrons. The molecule has 1 N–H and O–H groups in total. The van der Waals surface area contributed by atoms with Crippen LogP contribution in [-0.2, 0) is 25.2 Å². The van der Waals surface area contributed by atoms with Gasteiger partial charge in [0.2, 0.25) is 0 Å². The van der Waals surface area contributed by atoms with E-state index in [1.807, 2.05) is 60.1 Å². The first-order valence-electron chi connectivity index (χ1n) is 11.3. The van der Waals surface area contributed by atoms with E-state index in [-0.39, 0.29) is 11.1 Å². The molecule has 0 aliphatic rings. The predicted molar refractivity (Wildman–Crippen MR) is 133 cm³/mol. The number of tetrazole rings is 1. The molecule has 8 nitrogen and oxygen atoms in total. The van der Waals surface area contributed by atoms with Crippen LogP contribution >= 0.6 is 11.6 Å². The van der Waals surface area contributed by atoms with Crippen molar-refractivity contribution in [1.82, 2.24) is 30.1 Å². The lowest BCUT2D eigenvalue weighted by atomic mass is 10.1. The van der Waals surface area contributed by atoms with E-state index in [9.17, 15) is 4.79 Å². The van der Waals surface area contributed by atoms with Crippen molar-refractivity contribution in [3.63, 3.8) is 0 Å². The summed E-state index contributed by atoms with van der Waals surface area (Å²) in [7, 11) is 0. The van der Waals surface area contributed by atoms with Crippen molar-refractivity contribution in [2.45, 2.75) is 52.9 Å². The second-order valence-electron chi connectivity index (χ2n) is 9.22. The molecule has 0 aliphatic heterocycles. The first-order chi connectivity index (χ1) is 16.2. The molecule has 0 saturated heterocycles. The fraction of sp³-hybridized carbons (Fsp3) is 0.360. The maximum absolute atomic E-state index is 12.9. The summed E-state index contributed by atoms with van der Waals surface area (Å²) in [5.74, 6) is 1.49. The van der Waals surface area contributed by atoms with Gasteiger partial charge in [0.15, 0.2) is 5.82 Å². The summed E-state index contributed by atoms with van der Waals surface area (Å²) >= 11 is 6.46. The van der Waals surface area contributed by atoms with Gasteiger partial charge >= 0.3 is 0 Å². The van der Waals surface area contributed by atoms with Gasteiger partial charge in [-0.1, -0.05) is 29.8 Å². The van der Waals surface area contributed by atoms with E-state index in [0.29, 0.717) is 36.8 Å². The maximum atomic E-state index is 12.9. The van der Waals surface area contributed by atoms with E-state index in [1.165, 1.54) is 0 Å². The molecule has 178 valence electrons. The number of nitrogens with one attached hydrogen (secondary N) is 1. The number of nitrogens with zero attached hydrogens (tertiary/aromatic N) is 5. The van der Waals surface area contributed by atoms with Crippen LogP contribution in [0.15, 0.2) is 53.3 Å². The van der Waals surface area contributed by atoms with Crippen molar-refractivity contribution in [2.24, 2.45) is 0 Å². The number of rotatable bonds is 8. The Labute approximate surface area is 203 Å². The molecule has 0 amide bonds. The van der Waals surface area contributed by atoms with Crippen LogP contribution in [0.4, 0.5) is 0 Å². The lowest BCUT2D eigenvalue weighted by Gasteiger charge is -2.25. The molecule has 0 unspecified atom stereocenters. The van der Waals surface area contributed by atoms with Crippen molar-refractivity contribution < 1.29 is 4.74 Å². The van der Waals surface area contributed by atoms with Gasteiger partial charge in [0, 0.05) is 34.6 Å². The van der Waals surface area contributed by atoms with E-state index in [2.05, 4.69) is 46.2 Å². The minimum Gasteiger partial charge on any atom is -0.494 e. The molecule has 0 aliphatic carbocycles. The number of fused-ring (bicyclic) bond motifs is 1. The largest absolute Gasteiger partial charge is 0.494 e. The summed E-state index contributed by atoms with van der Waals surface area (Å²) < 4.78 is 7.44. The topological polar surface area (TPSA) is 88.9 Å². The summed E-state index contributed by atoms with van der Waals surface area (Å²) in [4.78, 5) is 18.1. The summed E-state index contributed by atoms with van der Waals surface area (Å²) in [6.45, 7) is 10.1. The highest BCUT2D eigenvalue weighted by molar-refractivity contribution is 6.31. The second-order valence-corrected chi connectivity index (χ2v) is 9.63. The minimum absolute atomic E-state index is 0.128. The number of hydrogen-bond acceptors (Lipinski definition) is 6. The highest BCUT2D eigenvalue weighted by Crippen LogP contribution is 2.23. The molecule has 4 aromatic rings. The van der Waals surface area contributed by atoms with Crippen LogP contribution in [0.5, 0.6) is 5.75 Å². The first kappa shape index (κ1) is 23.9. The van der Waals surface area contributed by atoms with Gasteiger partial charge in [0.1, 0.15) is 5.75 Å². The summed E-state index contributed by atoms with van der Waals surface area (Å²) in [5.41, 5.74) is 1.98. The first-order valence-corrected chi connectivity index (χ1v) is 11.6. The quantitative estimate of drug-likeness (QED) is 0.398. The molecule has 0 bridgehead atoms. The van der Waals surface area contributed by atoms with Crippen molar-refractivity contribution in [3.8, 4) is 5.75 Å². The van der Waals surface area contributed by atoms with Crippen LogP contribution in [0, 0.1) is 0 Å². The van der Waals surface area contributed by atoms with E-state index in [1.54, 1.807) is 0 Å². The Morgan fingerprint density at radius 2 is 1.82 bits per heavy atom. The molecule has 34 heavy (non-hydrogen) atoms. The monoisotopic (exact) mass is 480 g/mol. The smallest absolute Gasteiger partial charge is 0.252 e. The van der Waals surface area contributed by atoms with Crippen molar-refractivity contribution >= 4 is 22.5 Å². The van der Waals surface area contributed by atoms with Crippen LogP contribution < -0.4 is 10.3 Å². The third-order valence-electron chi connectivity index (χ3n) is 5.48. The van der Waals surface area contributed by atoms with Gasteiger partial charge in [-0.05, 0) is 74.0 Å². The molecule has 4 rings (SSSR count). The normalized spacial score (nSPS) is 11.9.